The molecule has 4 heteroatoms. The van der Waals surface area contributed by atoms with Gasteiger partial charge in [-0.2, -0.15) is 0 Å². The molecule has 21 heavy (non-hydrogen) atoms. The molecule has 1 aliphatic carbocycles. The Morgan fingerprint density at radius 3 is 2.05 bits per heavy atom. The second kappa shape index (κ2) is 5.39. The smallest absolute Gasteiger partial charge is 0.118 e. The monoisotopic (exact) mass is 340 g/mol. The first-order chi connectivity index (χ1) is 9.95. The van der Waals surface area contributed by atoms with Crippen LogP contribution in [0.1, 0.15) is 29.9 Å². The summed E-state index contributed by atoms with van der Waals surface area (Å²) in [6, 6.07) is 13.8. The Morgan fingerprint density at radius 1 is 0.905 bits per heavy atom. The summed E-state index contributed by atoms with van der Waals surface area (Å²) in [7, 11) is 1.66. The van der Waals surface area contributed by atoms with Crippen molar-refractivity contribution in [1.29, 1.82) is 0 Å². The van der Waals surface area contributed by atoms with E-state index >= 15 is 0 Å². The second-order valence-electron chi connectivity index (χ2n) is 5.55. The van der Waals surface area contributed by atoms with Crippen LogP contribution in [0.2, 0.25) is 10.0 Å². The number of ether oxygens (including phenoxy) is 1. The van der Waals surface area contributed by atoms with E-state index in [1.165, 1.54) is 5.56 Å². The molecule has 0 radical (unpaired) electrons. The number of methoxy groups -OCH3 is 1. The fourth-order valence-electron chi connectivity index (χ4n) is 3.04. The highest BCUT2D eigenvalue weighted by Gasteiger charge is 2.61. The molecule has 1 fully saturated rings. The normalized spacial score (nSPS) is 27.5. The Bertz CT molecular complexity index is 664. The summed E-state index contributed by atoms with van der Waals surface area (Å²) in [6.07, 6.45) is 0. The van der Waals surface area contributed by atoms with Crippen molar-refractivity contribution in [3.63, 3.8) is 0 Å². The average molecular weight is 342 g/mol. The maximum atomic E-state index is 6.70. The van der Waals surface area contributed by atoms with Gasteiger partial charge in [0.05, 0.1) is 22.0 Å². The second-order valence-corrected chi connectivity index (χ2v) is 7.18. The van der Waals surface area contributed by atoms with Gasteiger partial charge in [0.15, 0.2) is 0 Å². The molecule has 110 valence electrons. The number of rotatable bonds is 3. The summed E-state index contributed by atoms with van der Waals surface area (Å²) in [5.41, 5.74) is 2.34. The van der Waals surface area contributed by atoms with Crippen molar-refractivity contribution < 1.29 is 4.74 Å². The fourth-order valence-corrected chi connectivity index (χ4v) is 3.78. The van der Waals surface area contributed by atoms with E-state index in [9.17, 15) is 0 Å². The third kappa shape index (κ3) is 2.63. The van der Waals surface area contributed by atoms with Crippen molar-refractivity contribution in [2.24, 2.45) is 0 Å². The Kier molecular flexibility index (Phi) is 3.85. The van der Waals surface area contributed by atoms with E-state index in [0.717, 1.165) is 11.3 Å². The number of hydrogen-bond acceptors (Lipinski definition) is 1. The lowest BCUT2D eigenvalue weighted by Gasteiger charge is -2.04. The lowest BCUT2D eigenvalue weighted by atomic mass is 10.0. The van der Waals surface area contributed by atoms with Crippen LogP contribution in [0.3, 0.4) is 0 Å². The van der Waals surface area contributed by atoms with Crippen LogP contribution in [0.5, 0.6) is 5.75 Å². The van der Waals surface area contributed by atoms with E-state index in [-0.39, 0.29) is 16.7 Å². The van der Waals surface area contributed by atoms with Gasteiger partial charge in [-0.25, -0.2) is 0 Å². The van der Waals surface area contributed by atoms with Crippen molar-refractivity contribution in [3.8, 4) is 5.75 Å². The topological polar surface area (TPSA) is 9.23 Å². The SMILES string of the molecule is COc1ccc(C2C(c3ccc(Cl)c(Cl)c3)C2(C)Cl)cc1. The molecule has 0 aromatic heterocycles. The minimum Gasteiger partial charge on any atom is -0.497 e. The molecule has 0 heterocycles. The van der Waals surface area contributed by atoms with E-state index in [2.05, 4.69) is 19.1 Å². The van der Waals surface area contributed by atoms with Gasteiger partial charge in [0.2, 0.25) is 0 Å². The summed E-state index contributed by atoms with van der Waals surface area (Å²) >= 11 is 18.8. The number of benzene rings is 2. The van der Waals surface area contributed by atoms with E-state index in [1.54, 1.807) is 7.11 Å². The van der Waals surface area contributed by atoms with E-state index in [1.807, 2.05) is 30.3 Å². The van der Waals surface area contributed by atoms with E-state index in [4.69, 9.17) is 39.5 Å². The zero-order chi connectivity index (χ0) is 15.2. The standard InChI is InChI=1S/C17H15Cl3O/c1-17(20)15(10-3-6-12(21-2)7-4-10)16(17)11-5-8-13(18)14(19)9-11/h3-9,15-16H,1-2H3. The van der Waals surface area contributed by atoms with Crippen LogP contribution < -0.4 is 4.74 Å². The van der Waals surface area contributed by atoms with E-state index < -0.39 is 0 Å². The van der Waals surface area contributed by atoms with Gasteiger partial charge in [-0.05, 0) is 42.3 Å². The van der Waals surface area contributed by atoms with Gasteiger partial charge in [-0.3, -0.25) is 0 Å². The maximum absolute atomic E-state index is 6.70. The average Bonchev–Trinajstić information content (AvgIpc) is 3.04. The lowest BCUT2D eigenvalue weighted by molar-refractivity contribution is 0.414. The molecule has 1 nitrogen and oxygen atoms in total. The van der Waals surface area contributed by atoms with Crippen LogP contribution in [-0.4, -0.2) is 12.0 Å². The molecule has 0 N–H and O–H groups in total. The van der Waals surface area contributed by atoms with Gasteiger partial charge in [0.1, 0.15) is 5.75 Å². The highest BCUT2D eigenvalue weighted by Crippen LogP contribution is 2.67. The van der Waals surface area contributed by atoms with Crippen LogP contribution in [-0.2, 0) is 0 Å². The molecule has 0 bridgehead atoms. The molecule has 3 rings (SSSR count). The minimum absolute atomic E-state index is 0.238. The Morgan fingerprint density at radius 2 is 1.48 bits per heavy atom. The van der Waals surface area contributed by atoms with Gasteiger partial charge in [0, 0.05) is 11.8 Å². The molecule has 1 aliphatic rings. The molecule has 2 aromatic carbocycles. The van der Waals surface area contributed by atoms with Crippen LogP contribution in [0.15, 0.2) is 42.5 Å². The zero-order valence-corrected chi connectivity index (χ0v) is 14.0. The first-order valence-electron chi connectivity index (χ1n) is 6.73. The van der Waals surface area contributed by atoms with Crippen molar-refractivity contribution in [1.82, 2.24) is 0 Å². The maximum Gasteiger partial charge on any atom is 0.118 e. The quantitative estimate of drug-likeness (QED) is 0.633. The van der Waals surface area contributed by atoms with Crippen LogP contribution >= 0.6 is 34.8 Å². The number of halogens is 3. The van der Waals surface area contributed by atoms with Crippen molar-refractivity contribution in [2.45, 2.75) is 23.6 Å². The van der Waals surface area contributed by atoms with Crippen LogP contribution in [0.4, 0.5) is 0 Å². The van der Waals surface area contributed by atoms with Crippen molar-refractivity contribution in [2.75, 3.05) is 7.11 Å². The molecule has 0 aliphatic heterocycles. The minimum atomic E-state index is -0.300. The van der Waals surface area contributed by atoms with Gasteiger partial charge < -0.3 is 4.74 Å². The first-order valence-corrected chi connectivity index (χ1v) is 7.86. The van der Waals surface area contributed by atoms with Crippen LogP contribution in [0, 0.1) is 0 Å². The summed E-state index contributed by atoms with van der Waals surface area (Å²) in [4.78, 5) is -0.300. The fraction of sp³-hybridized carbons (Fsp3) is 0.294. The Labute approximate surface area is 139 Å². The van der Waals surface area contributed by atoms with Gasteiger partial charge in [-0.1, -0.05) is 41.4 Å². The highest BCUT2D eigenvalue weighted by molar-refractivity contribution is 6.42. The zero-order valence-electron chi connectivity index (χ0n) is 11.7. The molecule has 3 atom stereocenters. The largest absolute Gasteiger partial charge is 0.497 e. The third-order valence-electron chi connectivity index (χ3n) is 4.22. The molecule has 0 amide bonds. The molecule has 0 spiro atoms. The number of hydrogen-bond donors (Lipinski definition) is 0. The Hall–Kier alpha value is -0.890. The van der Waals surface area contributed by atoms with E-state index in [0.29, 0.717) is 10.0 Å². The van der Waals surface area contributed by atoms with Crippen molar-refractivity contribution >= 4 is 34.8 Å². The van der Waals surface area contributed by atoms with Gasteiger partial charge in [0.25, 0.3) is 0 Å². The summed E-state index contributed by atoms with van der Waals surface area (Å²) < 4.78 is 5.20. The Balaban J connectivity index is 1.91. The first kappa shape index (κ1) is 15.0. The van der Waals surface area contributed by atoms with Crippen molar-refractivity contribution in [3.05, 3.63) is 63.6 Å². The van der Waals surface area contributed by atoms with Gasteiger partial charge >= 0.3 is 0 Å². The predicted octanol–water partition coefficient (Wildman–Crippen LogP) is 5.88. The third-order valence-corrected chi connectivity index (χ3v) is 5.43. The highest BCUT2D eigenvalue weighted by atomic mass is 35.5. The molecule has 2 aromatic rings. The summed E-state index contributed by atoms with van der Waals surface area (Å²) in [6.45, 7) is 2.07. The molecular weight excluding hydrogens is 327 g/mol. The molecule has 3 unspecified atom stereocenters. The summed E-state index contributed by atoms with van der Waals surface area (Å²) in [5.74, 6) is 1.35. The summed E-state index contributed by atoms with van der Waals surface area (Å²) in [5, 5.41) is 1.14. The predicted molar refractivity (Wildman–Crippen MR) is 89.2 cm³/mol. The number of alkyl halides is 1. The van der Waals surface area contributed by atoms with Gasteiger partial charge in [-0.15, -0.1) is 11.6 Å². The van der Waals surface area contributed by atoms with Crippen LogP contribution in [0.25, 0.3) is 0 Å². The molecule has 1 saturated carbocycles. The lowest BCUT2D eigenvalue weighted by Crippen LogP contribution is -1.95. The molecular formula is C17H15Cl3O. The molecule has 0 saturated heterocycles.